The lowest BCUT2D eigenvalue weighted by Crippen LogP contribution is -1.95. The molecular formula is C10H6Cl2O2. The van der Waals surface area contributed by atoms with Gasteiger partial charge < -0.3 is 0 Å². The summed E-state index contributed by atoms with van der Waals surface area (Å²) in [6.07, 6.45) is 1.01. The Kier molecular flexibility index (Phi) is 3.86. The molecule has 0 saturated carbocycles. The van der Waals surface area contributed by atoms with Crippen LogP contribution in [0.4, 0.5) is 0 Å². The molecule has 2 nitrogen and oxygen atoms in total. The molecule has 0 aromatic heterocycles. The summed E-state index contributed by atoms with van der Waals surface area (Å²) in [5.74, 6) is 0. The van der Waals surface area contributed by atoms with E-state index >= 15 is 0 Å². The third-order valence-corrected chi connectivity index (χ3v) is 1.87. The maximum atomic E-state index is 11.0. The second-order valence-electron chi connectivity index (χ2n) is 2.50. The summed E-state index contributed by atoms with van der Waals surface area (Å²) >= 11 is 10.4. The Labute approximate surface area is 91.1 Å². The fourth-order valence-corrected chi connectivity index (χ4v) is 1.26. The van der Waals surface area contributed by atoms with Gasteiger partial charge in [0.05, 0.1) is 0 Å². The quantitative estimate of drug-likeness (QED) is 0.589. The SMILES string of the molecule is O=C(Cl)C=C(C(=O)Cl)c1ccccc1. The largest absolute Gasteiger partial charge is 0.276 e. The van der Waals surface area contributed by atoms with Gasteiger partial charge in [0.2, 0.25) is 5.24 Å². The first kappa shape index (κ1) is 11.0. The van der Waals surface area contributed by atoms with Crippen molar-refractivity contribution >= 4 is 39.3 Å². The van der Waals surface area contributed by atoms with E-state index in [2.05, 4.69) is 0 Å². The summed E-state index contributed by atoms with van der Waals surface area (Å²) < 4.78 is 0. The lowest BCUT2D eigenvalue weighted by atomic mass is 10.1. The van der Waals surface area contributed by atoms with Crippen LogP contribution in [0.2, 0.25) is 0 Å². The van der Waals surface area contributed by atoms with E-state index in [4.69, 9.17) is 23.2 Å². The molecule has 4 heteroatoms. The van der Waals surface area contributed by atoms with Crippen LogP contribution in [0.5, 0.6) is 0 Å². The highest BCUT2D eigenvalue weighted by molar-refractivity contribution is 6.76. The first-order valence-electron chi connectivity index (χ1n) is 3.77. The molecule has 0 aliphatic rings. The second-order valence-corrected chi connectivity index (χ2v) is 3.22. The highest BCUT2D eigenvalue weighted by atomic mass is 35.5. The summed E-state index contributed by atoms with van der Waals surface area (Å²) in [6.45, 7) is 0. The van der Waals surface area contributed by atoms with Crippen molar-refractivity contribution in [3.05, 3.63) is 42.0 Å². The van der Waals surface area contributed by atoms with Gasteiger partial charge in [0.25, 0.3) is 5.24 Å². The zero-order chi connectivity index (χ0) is 10.6. The molecule has 1 rings (SSSR count). The van der Waals surface area contributed by atoms with Gasteiger partial charge in [-0.2, -0.15) is 0 Å². The van der Waals surface area contributed by atoms with Gasteiger partial charge in [-0.15, -0.1) is 0 Å². The maximum Gasteiger partial charge on any atom is 0.253 e. The van der Waals surface area contributed by atoms with E-state index in [1.165, 1.54) is 0 Å². The number of carbonyl (C=O) groups is 2. The fourth-order valence-electron chi connectivity index (χ4n) is 0.985. The highest BCUT2D eigenvalue weighted by Gasteiger charge is 2.09. The van der Waals surface area contributed by atoms with E-state index in [0.29, 0.717) is 5.56 Å². The minimum absolute atomic E-state index is 0.104. The molecular weight excluding hydrogens is 223 g/mol. The van der Waals surface area contributed by atoms with Crippen molar-refractivity contribution in [1.29, 1.82) is 0 Å². The van der Waals surface area contributed by atoms with Gasteiger partial charge in [0.15, 0.2) is 0 Å². The number of benzene rings is 1. The molecule has 0 heterocycles. The van der Waals surface area contributed by atoms with Gasteiger partial charge in [0, 0.05) is 11.6 Å². The van der Waals surface area contributed by atoms with Gasteiger partial charge in [-0.25, -0.2) is 0 Å². The summed E-state index contributed by atoms with van der Waals surface area (Å²) in [7, 11) is 0. The monoisotopic (exact) mass is 228 g/mol. The number of hydrogen-bond acceptors (Lipinski definition) is 2. The zero-order valence-electron chi connectivity index (χ0n) is 7.04. The minimum Gasteiger partial charge on any atom is -0.276 e. The molecule has 0 N–H and O–H groups in total. The summed E-state index contributed by atoms with van der Waals surface area (Å²) in [4.78, 5) is 21.6. The standard InChI is InChI=1S/C10H6Cl2O2/c11-9(13)6-8(10(12)14)7-4-2-1-3-5-7/h1-6H. The highest BCUT2D eigenvalue weighted by Crippen LogP contribution is 2.17. The van der Waals surface area contributed by atoms with Crippen LogP contribution in [0.1, 0.15) is 5.56 Å². The van der Waals surface area contributed by atoms with Crippen molar-refractivity contribution in [2.45, 2.75) is 0 Å². The van der Waals surface area contributed by atoms with Crippen LogP contribution in [0.3, 0.4) is 0 Å². The van der Waals surface area contributed by atoms with Crippen molar-refractivity contribution in [2.24, 2.45) is 0 Å². The molecule has 0 aliphatic carbocycles. The van der Waals surface area contributed by atoms with Crippen LogP contribution in [-0.2, 0) is 9.59 Å². The number of halogens is 2. The van der Waals surface area contributed by atoms with Gasteiger partial charge in [-0.1, -0.05) is 30.3 Å². The maximum absolute atomic E-state index is 11.0. The third kappa shape index (κ3) is 2.98. The van der Waals surface area contributed by atoms with Crippen LogP contribution in [0.25, 0.3) is 5.57 Å². The van der Waals surface area contributed by atoms with E-state index < -0.39 is 10.5 Å². The molecule has 0 atom stereocenters. The Morgan fingerprint density at radius 2 is 1.64 bits per heavy atom. The molecule has 0 unspecified atom stereocenters. The van der Waals surface area contributed by atoms with E-state index in [0.717, 1.165) is 6.08 Å². The molecule has 0 fully saturated rings. The van der Waals surface area contributed by atoms with Crippen molar-refractivity contribution in [2.75, 3.05) is 0 Å². The number of rotatable bonds is 3. The Balaban J connectivity index is 3.14. The molecule has 0 radical (unpaired) electrons. The average molecular weight is 229 g/mol. The number of carbonyl (C=O) groups excluding carboxylic acids is 2. The second kappa shape index (κ2) is 4.94. The Hall–Kier alpha value is -1.12. The predicted molar refractivity (Wildman–Crippen MR) is 56.1 cm³/mol. The summed E-state index contributed by atoms with van der Waals surface area (Å²) in [5, 5.41) is -1.43. The molecule has 0 amide bonds. The predicted octanol–water partition coefficient (Wildman–Crippen LogP) is 2.60. The van der Waals surface area contributed by atoms with Crippen molar-refractivity contribution in [3.8, 4) is 0 Å². The molecule has 0 spiro atoms. The van der Waals surface area contributed by atoms with Crippen LogP contribution in [-0.4, -0.2) is 10.5 Å². The van der Waals surface area contributed by atoms with Crippen LogP contribution in [0.15, 0.2) is 36.4 Å². The molecule has 14 heavy (non-hydrogen) atoms. The first-order valence-corrected chi connectivity index (χ1v) is 4.53. The normalized spacial score (nSPS) is 11.1. The lowest BCUT2D eigenvalue weighted by Gasteiger charge is -1.99. The van der Waals surface area contributed by atoms with Gasteiger partial charge in [-0.05, 0) is 28.8 Å². The van der Waals surface area contributed by atoms with Crippen LogP contribution < -0.4 is 0 Å². The smallest absolute Gasteiger partial charge is 0.253 e. The first-order chi connectivity index (χ1) is 6.61. The molecule has 72 valence electrons. The Bertz CT molecular complexity index is 382. The molecule has 0 aliphatic heterocycles. The summed E-state index contributed by atoms with van der Waals surface area (Å²) in [6, 6.07) is 8.61. The average Bonchev–Trinajstić information content (AvgIpc) is 2.15. The van der Waals surface area contributed by atoms with E-state index in [1.54, 1.807) is 30.3 Å². The summed E-state index contributed by atoms with van der Waals surface area (Å²) in [5.41, 5.74) is 0.675. The van der Waals surface area contributed by atoms with Gasteiger partial charge >= 0.3 is 0 Å². The van der Waals surface area contributed by atoms with E-state index in [9.17, 15) is 9.59 Å². The zero-order valence-corrected chi connectivity index (χ0v) is 8.55. The molecule has 0 saturated heterocycles. The molecule has 0 bridgehead atoms. The van der Waals surface area contributed by atoms with Crippen molar-refractivity contribution < 1.29 is 9.59 Å². The van der Waals surface area contributed by atoms with Crippen molar-refractivity contribution in [3.63, 3.8) is 0 Å². The number of hydrogen-bond donors (Lipinski definition) is 0. The Morgan fingerprint density at radius 1 is 1.07 bits per heavy atom. The van der Waals surface area contributed by atoms with E-state index in [-0.39, 0.29) is 5.57 Å². The number of allylic oxidation sites excluding steroid dienone is 2. The lowest BCUT2D eigenvalue weighted by molar-refractivity contribution is -0.109. The Morgan fingerprint density at radius 3 is 2.07 bits per heavy atom. The van der Waals surface area contributed by atoms with Gasteiger partial charge in [-0.3, -0.25) is 9.59 Å². The van der Waals surface area contributed by atoms with Gasteiger partial charge in [0.1, 0.15) is 0 Å². The minimum atomic E-state index is -0.724. The third-order valence-electron chi connectivity index (χ3n) is 1.55. The van der Waals surface area contributed by atoms with Crippen LogP contribution >= 0.6 is 23.2 Å². The topological polar surface area (TPSA) is 34.1 Å². The fraction of sp³-hybridized carbons (Fsp3) is 0. The molecule has 1 aromatic carbocycles. The van der Waals surface area contributed by atoms with Crippen molar-refractivity contribution in [1.82, 2.24) is 0 Å². The molecule has 1 aromatic rings. The van der Waals surface area contributed by atoms with Crippen LogP contribution in [0, 0.1) is 0 Å². The van der Waals surface area contributed by atoms with E-state index in [1.807, 2.05) is 0 Å².